The number of ether oxygens (including phenoxy) is 1. The number of carbonyl (C=O) groups excluding carboxylic acids is 1. The zero-order chi connectivity index (χ0) is 19.3. The molecule has 148 valence electrons. The van der Waals surface area contributed by atoms with Crippen LogP contribution in [-0.4, -0.2) is 72.8 Å². The average molecular weight is 381 g/mol. The predicted octanol–water partition coefficient (Wildman–Crippen LogP) is 1.29. The van der Waals surface area contributed by atoms with E-state index in [1.54, 1.807) is 6.33 Å². The number of rotatable bonds is 5. The lowest BCUT2D eigenvalue weighted by molar-refractivity contribution is -0.122. The minimum Gasteiger partial charge on any atom is -0.369 e. The van der Waals surface area contributed by atoms with Crippen LogP contribution in [-0.2, 0) is 9.53 Å². The number of hydrogen-bond donors (Lipinski definition) is 1. The van der Waals surface area contributed by atoms with E-state index in [0.29, 0.717) is 24.9 Å². The third-order valence-corrected chi connectivity index (χ3v) is 6.60. The molecule has 7 heteroatoms. The second-order valence-corrected chi connectivity index (χ2v) is 8.67. The highest BCUT2D eigenvalue weighted by Gasteiger charge is 2.63. The molecule has 0 saturated carbocycles. The van der Waals surface area contributed by atoms with E-state index in [1.807, 2.05) is 37.2 Å². The topological polar surface area (TPSA) is 70.6 Å². The second kappa shape index (κ2) is 6.67. The van der Waals surface area contributed by atoms with E-state index in [0.717, 1.165) is 42.7 Å². The number of fused-ring (bicyclic) bond motifs is 2. The highest BCUT2D eigenvalue weighted by atomic mass is 16.5. The van der Waals surface area contributed by atoms with Crippen LogP contribution < -0.4 is 10.2 Å². The molecule has 28 heavy (non-hydrogen) atoms. The van der Waals surface area contributed by atoms with E-state index in [9.17, 15) is 4.79 Å². The Morgan fingerprint density at radius 1 is 1.36 bits per heavy atom. The van der Waals surface area contributed by atoms with Crippen molar-refractivity contribution in [2.45, 2.75) is 24.5 Å². The van der Waals surface area contributed by atoms with Gasteiger partial charge < -0.3 is 19.9 Å². The van der Waals surface area contributed by atoms with E-state index in [4.69, 9.17) is 4.74 Å². The van der Waals surface area contributed by atoms with Crippen LogP contribution in [0.2, 0.25) is 0 Å². The molecule has 4 atom stereocenters. The van der Waals surface area contributed by atoms with Crippen LogP contribution >= 0.6 is 0 Å². The van der Waals surface area contributed by atoms with Crippen molar-refractivity contribution in [3.63, 3.8) is 0 Å². The zero-order valence-electron chi connectivity index (χ0n) is 16.5. The Morgan fingerprint density at radius 2 is 2.21 bits per heavy atom. The Labute approximate surface area is 165 Å². The number of amides is 1. The maximum atomic E-state index is 12.1. The van der Waals surface area contributed by atoms with Crippen LogP contribution in [0.4, 0.5) is 5.82 Å². The van der Waals surface area contributed by atoms with Crippen LogP contribution in [0.25, 0.3) is 10.9 Å². The molecule has 5 rings (SSSR count). The van der Waals surface area contributed by atoms with Gasteiger partial charge in [0, 0.05) is 36.9 Å². The Morgan fingerprint density at radius 3 is 3.07 bits per heavy atom. The van der Waals surface area contributed by atoms with Gasteiger partial charge in [0.1, 0.15) is 12.1 Å². The van der Waals surface area contributed by atoms with E-state index in [1.165, 1.54) is 0 Å². The molecule has 1 amide bonds. The molecule has 4 heterocycles. The highest BCUT2D eigenvalue weighted by molar-refractivity contribution is 5.89. The Bertz CT molecular complexity index is 898. The summed E-state index contributed by atoms with van der Waals surface area (Å²) in [7, 11) is 3.83. The number of hydrogen-bond acceptors (Lipinski definition) is 6. The van der Waals surface area contributed by atoms with Crippen LogP contribution in [0.1, 0.15) is 12.8 Å². The van der Waals surface area contributed by atoms with Gasteiger partial charge in [-0.25, -0.2) is 9.97 Å². The number of anilines is 1. The molecule has 1 aromatic carbocycles. The van der Waals surface area contributed by atoms with Gasteiger partial charge >= 0.3 is 0 Å². The standard InChI is InChI=1S/C21H27N5O2/c1-25(2)11-19(27)22-9-15-16-10-26(12-21(16)8-7-18(15)28-21)20-14-5-3-4-6-17(14)23-13-24-20/h3-6,13,15-16,18H,7-12H2,1-2H3,(H,22,27)/t15-,16+,18+,21+/m0/s1. The number of aromatic nitrogens is 2. The summed E-state index contributed by atoms with van der Waals surface area (Å²) >= 11 is 0. The summed E-state index contributed by atoms with van der Waals surface area (Å²) in [6.07, 6.45) is 4.11. The first kappa shape index (κ1) is 17.8. The van der Waals surface area contributed by atoms with Crippen molar-refractivity contribution in [1.29, 1.82) is 0 Å². The lowest BCUT2D eigenvalue weighted by Crippen LogP contribution is -2.43. The predicted molar refractivity (Wildman–Crippen MR) is 107 cm³/mol. The molecular formula is C21H27N5O2. The van der Waals surface area contributed by atoms with Crippen molar-refractivity contribution in [2.24, 2.45) is 11.8 Å². The van der Waals surface area contributed by atoms with Crippen molar-refractivity contribution in [1.82, 2.24) is 20.2 Å². The maximum Gasteiger partial charge on any atom is 0.234 e. The summed E-state index contributed by atoms with van der Waals surface area (Å²) in [5.74, 6) is 1.88. The fraction of sp³-hybridized carbons (Fsp3) is 0.571. The Kier molecular flexibility index (Phi) is 4.25. The second-order valence-electron chi connectivity index (χ2n) is 8.67. The Balaban J connectivity index is 1.36. The summed E-state index contributed by atoms with van der Waals surface area (Å²) in [5.41, 5.74) is 0.882. The van der Waals surface area contributed by atoms with Crippen LogP contribution in [0.5, 0.6) is 0 Å². The zero-order valence-corrected chi connectivity index (χ0v) is 16.5. The Hall–Kier alpha value is -2.25. The molecule has 1 spiro atoms. The number of nitrogens with zero attached hydrogens (tertiary/aromatic N) is 4. The summed E-state index contributed by atoms with van der Waals surface area (Å²) < 4.78 is 6.53. The quantitative estimate of drug-likeness (QED) is 0.842. The first-order valence-corrected chi connectivity index (χ1v) is 10.1. The van der Waals surface area contributed by atoms with Crippen LogP contribution in [0, 0.1) is 11.8 Å². The van der Waals surface area contributed by atoms with Crippen molar-refractivity contribution in [3.05, 3.63) is 30.6 Å². The molecule has 3 saturated heterocycles. The van der Waals surface area contributed by atoms with Gasteiger partial charge in [0.05, 0.1) is 23.8 Å². The van der Waals surface area contributed by atoms with Crippen molar-refractivity contribution in [3.8, 4) is 0 Å². The minimum atomic E-state index is -0.0896. The van der Waals surface area contributed by atoms with E-state index < -0.39 is 0 Å². The summed E-state index contributed by atoms with van der Waals surface area (Å²) in [4.78, 5) is 25.4. The number of carbonyl (C=O) groups is 1. The van der Waals surface area contributed by atoms with Gasteiger partial charge in [-0.05, 0) is 39.1 Å². The fourth-order valence-electron chi connectivity index (χ4n) is 5.44. The van der Waals surface area contributed by atoms with Crippen LogP contribution in [0.15, 0.2) is 30.6 Å². The molecule has 3 aliphatic heterocycles. The van der Waals surface area contributed by atoms with Crippen molar-refractivity contribution < 1.29 is 9.53 Å². The van der Waals surface area contributed by atoms with Gasteiger partial charge in [0.25, 0.3) is 0 Å². The smallest absolute Gasteiger partial charge is 0.234 e. The third-order valence-electron chi connectivity index (χ3n) is 6.60. The minimum absolute atomic E-state index is 0.0819. The monoisotopic (exact) mass is 381 g/mol. The van der Waals surface area contributed by atoms with Gasteiger partial charge in [-0.2, -0.15) is 0 Å². The van der Waals surface area contributed by atoms with Crippen LogP contribution in [0.3, 0.4) is 0 Å². The summed E-state index contributed by atoms with van der Waals surface area (Å²) in [5, 5.41) is 4.22. The van der Waals surface area contributed by atoms with Crippen molar-refractivity contribution in [2.75, 3.05) is 45.2 Å². The van der Waals surface area contributed by atoms with Gasteiger partial charge in [0.2, 0.25) is 5.91 Å². The third kappa shape index (κ3) is 2.84. The maximum absolute atomic E-state index is 12.1. The van der Waals surface area contributed by atoms with Gasteiger partial charge in [-0.15, -0.1) is 0 Å². The molecular weight excluding hydrogens is 354 g/mol. The van der Waals surface area contributed by atoms with Gasteiger partial charge in [0.15, 0.2) is 0 Å². The fourth-order valence-corrected chi connectivity index (χ4v) is 5.44. The van der Waals surface area contributed by atoms with Gasteiger partial charge in [-0.1, -0.05) is 12.1 Å². The molecule has 7 nitrogen and oxygen atoms in total. The lowest BCUT2D eigenvalue weighted by Gasteiger charge is -2.29. The molecule has 3 aliphatic rings. The van der Waals surface area contributed by atoms with E-state index in [-0.39, 0.29) is 17.6 Å². The van der Waals surface area contributed by atoms with Crippen molar-refractivity contribution >= 4 is 22.6 Å². The number of benzene rings is 1. The lowest BCUT2D eigenvalue weighted by atomic mass is 9.73. The number of likely N-dealkylation sites (N-methyl/N-ethyl adjacent to an activating group) is 1. The molecule has 1 N–H and O–H groups in total. The summed E-state index contributed by atoms with van der Waals surface area (Å²) in [6, 6.07) is 8.16. The molecule has 0 aliphatic carbocycles. The molecule has 1 aromatic heterocycles. The molecule has 2 bridgehead atoms. The average Bonchev–Trinajstić information content (AvgIpc) is 3.33. The largest absolute Gasteiger partial charge is 0.369 e. The highest BCUT2D eigenvalue weighted by Crippen LogP contribution is 2.55. The molecule has 0 radical (unpaired) electrons. The summed E-state index contributed by atoms with van der Waals surface area (Å²) in [6.45, 7) is 2.91. The normalized spacial score (nSPS) is 31.0. The van der Waals surface area contributed by atoms with E-state index in [2.05, 4.69) is 26.3 Å². The molecule has 2 aromatic rings. The molecule has 3 fully saturated rings. The first-order chi connectivity index (χ1) is 13.6. The number of para-hydroxylation sites is 1. The number of nitrogens with one attached hydrogen (secondary N) is 1. The first-order valence-electron chi connectivity index (χ1n) is 10.1. The van der Waals surface area contributed by atoms with Gasteiger partial charge in [-0.3, -0.25) is 4.79 Å². The van der Waals surface area contributed by atoms with E-state index >= 15 is 0 Å². The SMILES string of the molecule is CN(C)CC(=O)NC[C@H]1[C@H]2CN(c3ncnc4ccccc34)C[C@]23CC[C@H]1O3. The molecule has 0 unspecified atom stereocenters.